The predicted molar refractivity (Wildman–Crippen MR) is 77.0 cm³/mol. The van der Waals surface area contributed by atoms with Crippen LogP contribution >= 0.6 is 0 Å². The lowest BCUT2D eigenvalue weighted by Gasteiger charge is -2.09. The summed E-state index contributed by atoms with van der Waals surface area (Å²) in [5.74, 6) is -0.667. The van der Waals surface area contributed by atoms with Gasteiger partial charge in [0.25, 0.3) is 11.8 Å². The highest BCUT2D eigenvalue weighted by Gasteiger charge is 2.28. The Kier molecular flexibility index (Phi) is 4.80. The highest BCUT2D eigenvalue weighted by atomic mass is 16.2. The van der Waals surface area contributed by atoms with E-state index in [9.17, 15) is 9.59 Å². The summed E-state index contributed by atoms with van der Waals surface area (Å²) in [5.41, 5.74) is 2.67. The lowest BCUT2D eigenvalue weighted by atomic mass is 10.1. The molecular formula is C16H12N2O4. The number of nitrogens with one attached hydrogen (secondary N) is 2. The maximum absolute atomic E-state index is 11.7. The summed E-state index contributed by atoms with van der Waals surface area (Å²) in [6.07, 6.45) is 0.250. The summed E-state index contributed by atoms with van der Waals surface area (Å²) in [5, 5.41) is 5.50. The van der Waals surface area contributed by atoms with Gasteiger partial charge >= 0.3 is 6.15 Å². The van der Waals surface area contributed by atoms with Gasteiger partial charge in [-0.1, -0.05) is 36.4 Å². The zero-order valence-corrected chi connectivity index (χ0v) is 11.5. The van der Waals surface area contributed by atoms with Gasteiger partial charge in [0.1, 0.15) is 0 Å². The fraction of sp³-hybridized carbons (Fsp3) is 0.0625. The second kappa shape index (κ2) is 6.97. The smallest absolute Gasteiger partial charge is 0.373 e. The topological polar surface area (TPSA) is 92.3 Å². The molecule has 0 aromatic heterocycles. The van der Waals surface area contributed by atoms with Crippen LogP contribution in [0.2, 0.25) is 0 Å². The van der Waals surface area contributed by atoms with Crippen molar-refractivity contribution in [2.24, 2.45) is 0 Å². The van der Waals surface area contributed by atoms with Crippen LogP contribution in [-0.4, -0.2) is 18.0 Å². The second-order valence-electron chi connectivity index (χ2n) is 4.43. The van der Waals surface area contributed by atoms with Gasteiger partial charge in [0.05, 0.1) is 11.1 Å². The number of hydrogen-bond acceptors (Lipinski definition) is 5. The number of carbonyl (C=O) groups excluding carboxylic acids is 4. The maximum Gasteiger partial charge on any atom is 0.373 e. The van der Waals surface area contributed by atoms with Crippen molar-refractivity contribution in [3.8, 4) is 0 Å². The van der Waals surface area contributed by atoms with E-state index in [1.165, 1.54) is 0 Å². The Hall–Kier alpha value is -3.24. The molecule has 0 bridgehead atoms. The van der Waals surface area contributed by atoms with Gasteiger partial charge in [-0.05, 0) is 17.7 Å². The molecule has 2 N–H and O–H groups in total. The van der Waals surface area contributed by atoms with Crippen molar-refractivity contribution in [1.29, 1.82) is 0 Å². The van der Waals surface area contributed by atoms with Gasteiger partial charge in [0.15, 0.2) is 0 Å². The number of amides is 2. The fourth-order valence-electron chi connectivity index (χ4n) is 2.16. The fourth-order valence-corrected chi connectivity index (χ4v) is 2.16. The molecule has 1 heterocycles. The summed E-state index contributed by atoms with van der Waals surface area (Å²) in [6, 6.07) is 15.1. The van der Waals surface area contributed by atoms with Gasteiger partial charge in [-0.3, -0.25) is 14.9 Å². The summed E-state index contributed by atoms with van der Waals surface area (Å²) in [4.78, 5) is 39.5. The molecule has 0 atom stereocenters. The van der Waals surface area contributed by atoms with Gasteiger partial charge < -0.3 is 5.32 Å². The van der Waals surface area contributed by atoms with Crippen LogP contribution in [0, 0.1) is 0 Å². The number of fused-ring (bicyclic) bond motifs is 1. The molecule has 110 valence electrons. The van der Waals surface area contributed by atoms with Crippen molar-refractivity contribution in [1.82, 2.24) is 5.32 Å². The normalized spacial score (nSPS) is 11.6. The molecule has 6 heteroatoms. The molecule has 2 amide bonds. The van der Waals surface area contributed by atoms with Crippen LogP contribution in [-0.2, 0) is 16.1 Å². The highest BCUT2D eigenvalue weighted by Crippen LogP contribution is 2.24. The number of hydrogen-bond donors (Lipinski definition) is 2. The number of imide groups is 1. The Bertz CT molecular complexity index is 735. The van der Waals surface area contributed by atoms with Gasteiger partial charge in [-0.15, -0.1) is 0 Å². The van der Waals surface area contributed by atoms with Gasteiger partial charge in [0, 0.05) is 12.2 Å². The summed E-state index contributed by atoms with van der Waals surface area (Å²) in [6.45, 7) is 0.610. The zero-order chi connectivity index (χ0) is 15.9. The summed E-state index contributed by atoms with van der Waals surface area (Å²) >= 11 is 0. The molecule has 22 heavy (non-hydrogen) atoms. The molecule has 1 aliphatic rings. The molecule has 0 fully saturated rings. The molecule has 3 rings (SSSR count). The highest BCUT2D eigenvalue weighted by molar-refractivity contribution is 6.23. The van der Waals surface area contributed by atoms with Crippen LogP contribution in [0.25, 0.3) is 0 Å². The first-order chi connectivity index (χ1) is 10.7. The zero-order valence-electron chi connectivity index (χ0n) is 11.5. The van der Waals surface area contributed by atoms with E-state index >= 15 is 0 Å². The average Bonchev–Trinajstić information content (AvgIpc) is 2.82. The lowest BCUT2D eigenvalue weighted by Crippen LogP contribution is -2.20. The van der Waals surface area contributed by atoms with Crippen molar-refractivity contribution in [2.45, 2.75) is 6.54 Å². The molecule has 0 unspecified atom stereocenters. The van der Waals surface area contributed by atoms with Crippen LogP contribution in [0.5, 0.6) is 0 Å². The minimum atomic E-state index is -0.337. The van der Waals surface area contributed by atoms with Crippen LogP contribution in [0.15, 0.2) is 48.5 Å². The molecule has 2 aromatic rings. The van der Waals surface area contributed by atoms with Crippen molar-refractivity contribution in [2.75, 3.05) is 5.32 Å². The summed E-state index contributed by atoms with van der Waals surface area (Å²) in [7, 11) is 0. The Balaban J connectivity index is 0.000000545. The minimum Gasteiger partial charge on any atom is -0.380 e. The number of carbonyl (C=O) groups is 2. The predicted octanol–water partition coefficient (Wildman–Crippen LogP) is 1.60. The number of anilines is 1. The van der Waals surface area contributed by atoms with E-state index in [1.54, 1.807) is 18.2 Å². The molecule has 0 radical (unpaired) electrons. The molecule has 1 aliphatic heterocycles. The van der Waals surface area contributed by atoms with Crippen molar-refractivity contribution in [3.63, 3.8) is 0 Å². The quantitative estimate of drug-likeness (QED) is 0.839. The Morgan fingerprint density at radius 2 is 1.59 bits per heavy atom. The average molecular weight is 296 g/mol. The van der Waals surface area contributed by atoms with Crippen LogP contribution in [0.4, 0.5) is 5.69 Å². The van der Waals surface area contributed by atoms with Gasteiger partial charge in [-0.2, -0.15) is 9.59 Å². The Morgan fingerprint density at radius 1 is 0.909 bits per heavy atom. The summed E-state index contributed by atoms with van der Waals surface area (Å²) < 4.78 is 0. The molecule has 0 saturated carbocycles. The Labute approximate surface area is 126 Å². The molecule has 6 nitrogen and oxygen atoms in total. The van der Waals surface area contributed by atoms with Crippen molar-refractivity contribution < 1.29 is 19.2 Å². The van der Waals surface area contributed by atoms with Gasteiger partial charge in [0.2, 0.25) is 0 Å². The first kappa shape index (κ1) is 15.2. The second-order valence-corrected chi connectivity index (χ2v) is 4.43. The van der Waals surface area contributed by atoms with E-state index in [-0.39, 0.29) is 18.0 Å². The minimum absolute atomic E-state index is 0.250. The van der Waals surface area contributed by atoms with Crippen molar-refractivity contribution >= 4 is 23.7 Å². The van der Waals surface area contributed by atoms with E-state index in [0.717, 1.165) is 5.56 Å². The van der Waals surface area contributed by atoms with E-state index in [4.69, 9.17) is 9.59 Å². The largest absolute Gasteiger partial charge is 0.380 e. The third kappa shape index (κ3) is 3.26. The first-order valence-electron chi connectivity index (χ1n) is 6.43. The van der Waals surface area contributed by atoms with Crippen LogP contribution in [0.3, 0.4) is 0 Å². The monoisotopic (exact) mass is 296 g/mol. The van der Waals surface area contributed by atoms with E-state index in [1.807, 2.05) is 30.3 Å². The van der Waals surface area contributed by atoms with E-state index < -0.39 is 0 Å². The van der Waals surface area contributed by atoms with Crippen LogP contribution in [0.1, 0.15) is 26.3 Å². The van der Waals surface area contributed by atoms with Crippen molar-refractivity contribution in [3.05, 3.63) is 65.2 Å². The molecular weight excluding hydrogens is 284 g/mol. The lowest BCUT2D eigenvalue weighted by molar-refractivity contribution is -0.191. The third-order valence-corrected chi connectivity index (χ3v) is 3.09. The van der Waals surface area contributed by atoms with Crippen LogP contribution < -0.4 is 10.6 Å². The molecule has 2 aromatic carbocycles. The molecule has 0 spiro atoms. The Morgan fingerprint density at radius 3 is 2.27 bits per heavy atom. The third-order valence-electron chi connectivity index (χ3n) is 3.09. The van der Waals surface area contributed by atoms with Gasteiger partial charge in [-0.25, -0.2) is 0 Å². The standard InChI is InChI=1S/C15H12N2O2.CO2/c18-14-11-7-4-8-12(13(11)15(19)17-14)16-9-10-5-2-1-3-6-10;2-1-3/h1-8,16H,9H2,(H,17,18,19);. The first-order valence-corrected chi connectivity index (χ1v) is 6.43. The van der Waals surface area contributed by atoms with E-state index in [0.29, 0.717) is 23.4 Å². The molecule has 0 saturated heterocycles. The number of benzene rings is 2. The number of rotatable bonds is 3. The maximum atomic E-state index is 11.7. The molecule has 0 aliphatic carbocycles. The van der Waals surface area contributed by atoms with E-state index in [2.05, 4.69) is 10.6 Å². The SMILES string of the molecule is O=C1NC(=O)c2c(NCc3ccccc3)cccc21.O=C=O.